The molecule has 0 aliphatic carbocycles. The molecule has 0 radical (unpaired) electrons. The zero-order chi connectivity index (χ0) is 13.4. The molecular weight excluding hydrogens is 293 g/mol. The quantitative estimate of drug-likeness (QED) is 0.561. The van der Waals surface area contributed by atoms with E-state index in [1.165, 1.54) is 0 Å². The zero-order valence-electron chi connectivity index (χ0n) is 10.4. The topological polar surface area (TPSA) is 21.3 Å². The van der Waals surface area contributed by atoms with Crippen molar-refractivity contribution in [2.24, 2.45) is 0 Å². The fourth-order valence-electron chi connectivity index (χ4n) is 1.49. The summed E-state index contributed by atoms with van der Waals surface area (Å²) >= 11 is 18.1. The molecule has 1 aromatic rings. The summed E-state index contributed by atoms with van der Waals surface area (Å²) in [5.41, 5.74) is 0.848. The molecule has 0 unspecified atom stereocenters. The molecule has 2 nitrogen and oxygen atoms in total. The van der Waals surface area contributed by atoms with Gasteiger partial charge in [-0.15, -0.1) is 0 Å². The lowest BCUT2D eigenvalue weighted by Crippen LogP contribution is -2.17. The van der Waals surface area contributed by atoms with Crippen LogP contribution in [0.1, 0.15) is 25.3 Å². The molecule has 0 aliphatic rings. The van der Waals surface area contributed by atoms with Crippen LogP contribution in [0.2, 0.25) is 15.1 Å². The molecule has 0 aromatic heterocycles. The highest BCUT2D eigenvalue weighted by Crippen LogP contribution is 2.31. The zero-order valence-corrected chi connectivity index (χ0v) is 12.7. The highest BCUT2D eigenvalue weighted by atomic mass is 35.5. The summed E-state index contributed by atoms with van der Waals surface area (Å²) in [5, 5.41) is 4.98. The monoisotopic (exact) mass is 309 g/mol. The van der Waals surface area contributed by atoms with Crippen LogP contribution >= 0.6 is 34.8 Å². The second-order valence-electron chi connectivity index (χ2n) is 3.96. The molecule has 0 amide bonds. The first-order chi connectivity index (χ1) is 8.66. The third kappa shape index (κ3) is 5.33. The van der Waals surface area contributed by atoms with Crippen LogP contribution in [0.15, 0.2) is 12.1 Å². The van der Waals surface area contributed by atoms with Gasteiger partial charge in [-0.2, -0.15) is 0 Å². The number of ether oxygens (including phenoxy) is 1. The molecule has 102 valence electrons. The van der Waals surface area contributed by atoms with E-state index in [-0.39, 0.29) is 0 Å². The van der Waals surface area contributed by atoms with Gasteiger partial charge in [0.05, 0.1) is 10.0 Å². The number of hydrogen-bond donors (Lipinski definition) is 1. The van der Waals surface area contributed by atoms with Crippen molar-refractivity contribution in [3.63, 3.8) is 0 Å². The van der Waals surface area contributed by atoms with Gasteiger partial charge in [0.1, 0.15) is 0 Å². The molecule has 1 aromatic carbocycles. The number of benzene rings is 1. The van der Waals surface area contributed by atoms with E-state index in [1.54, 1.807) is 12.1 Å². The maximum absolute atomic E-state index is 6.10. The first-order valence-electron chi connectivity index (χ1n) is 6.07. The van der Waals surface area contributed by atoms with Crippen molar-refractivity contribution in [3.8, 4) is 0 Å². The lowest BCUT2D eigenvalue weighted by atomic mass is 10.2. The highest BCUT2D eigenvalue weighted by Gasteiger charge is 2.08. The molecule has 18 heavy (non-hydrogen) atoms. The maximum atomic E-state index is 6.10. The van der Waals surface area contributed by atoms with Gasteiger partial charge in [0.2, 0.25) is 0 Å². The van der Waals surface area contributed by atoms with Crippen LogP contribution in [-0.4, -0.2) is 19.8 Å². The average molecular weight is 311 g/mol. The van der Waals surface area contributed by atoms with Crippen LogP contribution in [0.25, 0.3) is 0 Å². The highest BCUT2D eigenvalue weighted by molar-refractivity contribution is 6.44. The molecule has 0 aliphatic heterocycles. The minimum absolute atomic E-state index is 0.527. The van der Waals surface area contributed by atoms with Gasteiger partial charge in [0, 0.05) is 30.3 Å². The Morgan fingerprint density at radius 1 is 1.11 bits per heavy atom. The Hall–Kier alpha value is 0.01000. The van der Waals surface area contributed by atoms with E-state index in [9.17, 15) is 0 Å². The predicted molar refractivity (Wildman–Crippen MR) is 78.9 cm³/mol. The van der Waals surface area contributed by atoms with Crippen molar-refractivity contribution < 1.29 is 4.74 Å². The fraction of sp³-hybridized carbons (Fsp3) is 0.538. The molecule has 5 heteroatoms. The molecule has 0 atom stereocenters. The van der Waals surface area contributed by atoms with Gasteiger partial charge in [-0.3, -0.25) is 0 Å². The molecule has 0 heterocycles. The van der Waals surface area contributed by atoms with Crippen LogP contribution in [0.4, 0.5) is 0 Å². The lowest BCUT2D eigenvalue weighted by Gasteiger charge is -2.10. The molecule has 0 saturated carbocycles. The average Bonchev–Trinajstić information content (AvgIpc) is 2.36. The van der Waals surface area contributed by atoms with Crippen LogP contribution in [0, 0.1) is 0 Å². The molecule has 0 saturated heterocycles. The third-order valence-electron chi connectivity index (χ3n) is 2.43. The fourth-order valence-corrected chi connectivity index (χ4v) is 2.17. The predicted octanol–water partition coefficient (Wildman–Crippen LogP) is 4.55. The lowest BCUT2D eigenvalue weighted by molar-refractivity contribution is 0.132. The van der Waals surface area contributed by atoms with Crippen molar-refractivity contribution >= 4 is 34.8 Å². The summed E-state index contributed by atoms with van der Waals surface area (Å²) in [5.74, 6) is 0. The maximum Gasteiger partial charge on any atom is 0.0652 e. The van der Waals surface area contributed by atoms with E-state index in [4.69, 9.17) is 39.5 Å². The van der Waals surface area contributed by atoms with Crippen LogP contribution < -0.4 is 5.32 Å². The SMILES string of the molecule is CCCOCCCNCc1c(Cl)ccc(Cl)c1Cl. The van der Waals surface area contributed by atoms with Gasteiger partial charge in [-0.1, -0.05) is 41.7 Å². The molecule has 1 N–H and O–H groups in total. The van der Waals surface area contributed by atoms with Gasteiger partial charge < -0.3 is 10.1 Å². The Morgan fingerprint density at radius 2 is 1.83 bits per heavy atom. The first kappa shape index (κ1) is 16.1. The minimum atomic E-state index is 0.527. The summed E-state index contributed by atoms with van der Waals surface area (Å²) in [6.45, 7) is 5.18. The second kappa shape index (κ2) is 9.00. The summed E-state index contributed by atoms with van der Waals surface area (Å²) in [6.07, 6.45) is 2.02. The summed E-state index contributed by atoms with van der Waals surface area (Å²) in [7, 11) is 0. The van der Waals surface area contributed by atoms with E-state index < -0.39 is 0 Å². The Morgan fingerprint density at radius 3 is 2.56 bits per heavy atom. The largest absolute Gasteiger partial charge is 0.381 e. The second-order valence-corrected chi connectivity index (χ2v) is 5.16. The van der Waals surface area contributed by atoms with E-state index in [2.05, 4.69) is 12.2 Å². The van der Waals surface area contributed by atoms with E-state index in [1.807, 2.05) is 0 Å². The van der Waals surface area contributed by atoms with E-state index in [0.29, 0.717) is 21.6 Å². The number of halogens is 3. The summed E-state index contributed by atoms with van der Waals surface area (Å²) in [6, 6.07) is 3.46. The van der Waals surface area contributed by atoms with Gasteiger partial charge in [0.15, 0.2) is 0 Å². The molecule has 0 bridgehead atoms. The molecule has 0 spiro atoms. The van der Waals surface area contributed by atoms with Crippen molar-refractivity contribution in [2.75, 3.05) is 19.8 Å². The summed E-state index contributed by atoms with van der Waals surface area (Å²) < 4.78 is 5.39. The van der Waals surface area contributed by atoms with Gasteiger partial charge in [-0.05, 0) is 31.5 Å². The Labute approximate surface area is 124 Å². The Kier molecular flexibility index (Phi) is 8.03. The Balaban J connectivity index is 2.29. The number of rotatable bonds is 8. The smallest absolute Gasteiger partial charge is 0.0652 e. The van der Waals surface area contributed by atoms with Crippen LogP contribution in [0.5, 0.6) is 0 Å². The van der Waals surface area contributed by atoms with Crippen molar-refractivity contribution in [3.05, 3.63) is 32.8 Å². The van der Waals surface area contributed by atoms with Gasteiger partial charge in [-0.25, -0.2) is 0 Å². The minimum Gasteiger partial charge on any atom is -0.381 e. The normalized spacial score (nSPS) is 10.9. The van der Waals surface area contributed by atoms with Gasteiger partial charge in [0.25, 0.3) is 0 Å². The number of nitrogens with one attached hydrogen (secondary N) is 1. The molecular formula is C13H18Cl3NO. The van der Waals surface area contributed by atoms with Crippen molar-refractivity contribution in [2.45, 2.75) is 26.3 Å². The standard InChI is InChI=1S/C13H18Cl3NO/c1-2-7-18-8-3-6-17-9-10-11(14)4-5-12(15)13(10)16/h4-5,17H,2-3,6-9H2,1H3. The summed E-state index contributed by atoms with van der Waals surface area (Å²) in [4.78, 5) is 0. The van der Waals surface area contributed by atoms with Crippen molar-refractivity contribution in [1.29, 1.82) is 0 Å². The third-order valence-corrected chi connectivity index (χ3v) is 3.63. The molecule has 0 fully saturated rings. The van der Waals surface area contributed by atoms with Crippen LogP contribution in [0.3, 0.4) is 0 Å². The van der Waals surface area contributed by atoms with E-state index in [0.717, 1.165) is 38.2 Å². The first-order valence-corrected chi connectivity index (χ1v) is 7.21. The van der Waals surface area contributed by atoms with Crippen molar-refractivity contribution in [1.82, 2.24) is 5.32 Å². The van der Waals surface area contributed by atoms with Gasteiger partial charge >= 0.3 is 0 Å². The Bertz CT molecular complexity index is 371. The molecule has 1 rings (SSSR count). The van der Waals surface area contributed by atoms with E-state index >= 15 is 0 Å². The van der Waals surface area contributed by atoms with Crippen LogP contribution in [-0.2, 0) is 11.3 Å². The number of hydrogen-bond acceptors (Lipinski definition) is 2.